The zero-order valence-corrected chi connectivity index (χ0v) is 20.2. The van der Waals surface area contributed by atoms with Gasteiger partial charge in [-0.15, -0.1) is 0 Å². The maximum atomic E-state index is 13.1. The average Bonchev–Trinajstić information content (AvgIpc) is 3.30. The third-order valence-electron chi connectivity index (χ3n) is 7.11. The summed E-state index contributed by atoms with van der Waals surface area (Å²) >= 11 is 0. The molecule has 0 radical (unpaired) electrons. The zero-order chi connectivity index (χ0) is 24.0. The first-order valence-corrected chi connectivity index (χ1v) is 12.6. The second kappa shape index (κ2) is 10.7. The molecule has 1 aliphatic rings. The Bertz CT molecular complexity index is 1260. The molecule has 0 aliphatic heterocycles. The van der Waals surface area contributed by atoms with Gasteiger partial charge in [0, 0.05) is 34.1 Å². The predicted molar refractivity (Wildman–Crippen MR) is 142 cm³/mol. The minimum atomic E-state index is -0.642. The predicted octanol–water partition coefficient (Wildman–Crippen LogP) is 6.84. The number of hydrogen-bond acceptors (Lipinski definition) is 3. The van der Waals surface area contributed by atoms with Crippen LogP contribution in [0.1, 0.15) is 60.4 Å². The molecule has 1 fully saturated rings. The normalized spacial score (nSPS) is 15.0. The highest BCUT2D eigenvalue weighted by molar-refractivity contribution is 6.13. The molecule has 0 amide bonds. The van der Waals surface area contributed by atoms with Crippen molar-refractivity contribution in [2.45, 2.75) is 50.5 Å². The van der Waals surface area contributed by atoms with E-state index in [0.717, 1.165) is 22.4 Å². The number of ether oxygens (including phenoxy) is 1. The number of carbonyl (C=O) groups excluding carboxylic acids is 1. The molecule has 0 bridgehead atoms. The van der Waals surface area contributed by atoms with Crippen LogP contribution in [0.25, 0.3) is 10.9 Å². The first kappa shape index (κ1) is 23.1. The van der Waals surface area contributed by atoms with E-state index in [-0.39, 0.29) is 5.97 Å². The SMILES string of the molecule is COC(=O)[C@H](Cc1c(C2CCCCC2)[nH]c2ccccc12)N=C(c1ccccc1)c1ccccc1. The molecule has 0 spiro atoms. The van der Waals surface area contributed by atoms with Crippen LogP contribution in [-0.2, 0) is 16.0 Å². The molecular formula is C31H32N2O2. The fourth-order valence-corrected chi connectivity index (χ4v) is 5.36. The Morgan fingerprint density at radius 3 is 2.11 bits per heavy atom. The molecule has 0 saturated heterocycles. The van der Waals surface area contributed by atoms with E-state index in [0.29, 0.717) is 12.3 Å². The van der Waals surface area contributed by atoms with Crippen molar-refractivity contribution in [3.05, 3.63) is 107 Å². The van der Waals surface area contributed by atoms with Gasteiger partial charge in [-0.25, -0.2) is 4.79 Å². The Morgan fingerprint density at radius 2 is 1.49 bits per heavy atom. The van der Waals surface area contributed by atoms with Crippen LogP contribution in [-0.4, -0.2) is 29.8 Å². The van der Waals surface area contributed by atoms with Gasteiger partial charge in [0.15, 0.2) is 6.04 Å². The highest BCUT2D eigenvalue weighted by Crippen LogP contribution is 2.37. The maximum Gasteiger partial charge on any atom is 0.330 e. The van der Waals surface area contributed by atoms with E-state index < -0.39 is 6.04 Å². The lowest BCUT2D eigenvalue weighted by Gasteiger charge is -2.23. The number of carbonyl (C=O) groups is 1. The van der Waals surface area contributed by atoms with Crippen LogP contribution in [0.2, 0.25) is 0 Å². The van der Waals surface area contributed by atoms with E-state index in [2.05, 4.69) is 29.2 Å². The van der Waals surface area contributed by atoms with Crippen LogP contribution >= 0.6 is 0 Å². The minimum absolute atomic E-state index is 0.311. The van der Waals surface area contributed by atoms with Gasteiger partial charge in [-0.05, 0) is 30.4 Å². The van der Waals surface area contributed by atoms with Gasteiger partial charge in [-0.3, -0.25) is 4.99 Å². The lowest BCUT2D eigenvalue weighted by Crippen LogP contribution is -2.26. The fourth-order valence-electron chi connectivity index (χ4n) is 5.36. The average molecular weight is 465 g/mol. The second-order valence-electron chi connectivity index (χ2n) is 9.35. The van der Waals surface area contributed by atoms with Gasteiger partial charge in [0.05, 0.1) is 12.8 Å². The van der Waals surface area contributed by atoms with E-state index in [1.54, 1.807) is 0 Å². The number of fused-ring (bicyclic) bond motifs is 1. The van der Waals surface area contributed by atoms with Crippen molar-refractivity contribution >= 4 is 22.6 Å². The van der Waals surface area contributed by atoms with Crippen LogP contribution in [0.15, 0.2) is 89.9 Å². The topological polar surface area (TPSA) is 54.5 Å². The summed E-state index contributed by atoms with van der Waals surface area (Å²) in [4.78, 5) is 21.9. The quantitative estimate of drug-likeness (QED) is 0.240. The molecule has 3 aromatic carbocycles. The van der Waals surface area contributed by atoms with Crippen molar-refractivity contribution in [2.75, 3.05) is 7.11 Å². The van der Waals surface area contributed by atoms with Crippen molar-refractivity contribution in [3.63, 3.8) is 0 Å². The van der Waals surface area contributed by atoms with E-state index in [1.165, 1.54) is 55.9 Å². The highest BCUT2D eigenvalue weighted by atomic mass is 16.5. The van der Waals surface area contributed by atoms with Crippen molar-refractivity contribution in [2.24, 2.45) is 4.99 Å². The number of aromatic nitrogens is 1. The monoisotopic (exact) mass is 464 g/mol. The van der Waals surface area contributed by atoms with Crippen LogP contribution in [0.5, 0.6) is 0 Å². The zero-order valence-electron chi connectivity index (χ0n) is 20.2. The third kappa shape index (κ3) is 5.07. The number of benzene rings is 3. The number of H-pyrrole nitrogens is 1. The van der Waals surface area contributed by atoms with Crippen LogP contribution < -0.4 is 0 Å². The van der Waals surface area contributed by atoms with Crippen LogP contribution in [0, 0.1) is 0 Å². The van der Waals surface area contributed by atoms with Gasteiger partial charge >= 0.3 is 5.97 Å². The second-order valence-corrected chi connectivity index (χ2v) is 9.35. The van der Waals surface area contributed by atoms with Gasteiger partial charge in [0.1, 0.15) is 0 Å². The lowest BCUT2D eigenvalue weighted by molar-refractivity contribution is -0.142. The van der Waals surface area contributed by atoms with Gasteiger partial charge in [-0.1, -0.05) is 98.1 Å². The smallest absolute Gasteiger partial charge is 0.330 e. The molecule has 1 N–H and O–H groups in total. The minimum Gasteiger partial charge on any atom is -0.467 e. The molecule has 4 aromatic rings. The molecule has 1 saturated carbocycles. The highest BCUT2D eigenvalue weighted by Gasteiger charge is 2.27. The molecule has 1 atom stereocenters. The van der Waals surface area contributed by atoms with E-state index >= 15 is 0 Å². The molecule has 35 heavy (non-hydrogen) atoms. The van der Waals surface area contributed by atoms with Crippen molar-refractivity contribution in [3.8, 4) is 0 Å². The van der Waals surface area contributed by atoms with Crippen LogP contribution in [0.3, 0.4) is 0 Å². The molecule has 4 nitrogen and oxygen atoms in total. The van der Waals surface area contributed by atoms with E-state index in [9.17, 15) is 4.79 Å². The number of nitrogens with zero attached hydrogens (tertiary/aromatic N) is 1. The molecule has 0 unspecified atom stereocenters. The molecule has 1 heterocycles. The van der Waals surface area contributed by atoms with Gasteiger partial charge in [0.25, 0.3) is 0 Å². The summed E-state index contributed by atoms with van der Waals surface area (Å²) < 4.78 is 5.27. The Balaban J connectivity index is 1.61. The molecule has 5 rings (SSSR count). The van der Waals surface area contributed by atoms with Crippen molar-refractivity contribution in [1.82, 2.24) is 4.98 Å². The molecule has 1 aliphatic carbocycles. The Hall–Kier alpha value is -3.66. The summed E-state index contributed by atoms with van der Waals surface area (Å²) in [6, 6.07) is 27.9. The summed E-state index contributed by atoms with van der Waals surface area (Å²) in [6.07, 6.45) is 6.69. The van der Waals surface area contributed by atoms with E-state index in [4.69, 9.17) is 9.73 Å². The number of hydrogen-bond donors (Lipinski definition) is 1. The van der Waals surface area contributed by atoms with Crippen LogP contribution in [0.4, 0.5) is 0 Å². The number of methoxy groups -OCH3 is 1. The number of nitrogens with one attached hydrogen (secondary N) is 1. The van der Waals surface area contributed by atoms with Gasteiger partial charge in [-0.2, -0.15) is 0 Å². The molecular weight excluding hydrogens is 432 g/mol. The first-order valence-electron chi connectivity index (χ1n) is 12.6. The maximum absolute atomic E-state index is 13.1. The summed E-state index contributed by atoms with van der Waals surface area (Å²) in [5.74, 6) is 0.186. The standard InChI is InChI=1S/C31H32N2O2/c1-35-31(34)28(33-29(22-13-5-2-6-14-22)23-15-7-3-8-16-23)21-26-25-19-11-12-20-27(25)32-30(26)24-17-9-4-10-18-24/h2-3,5-8,11-16,19-20,24,28,32H,4,9-10,17-18,21H2,1H3/t28-/m0/s1. The van der Waals surface area contributed by atoms with Crippen molar-refractivity contribution < 1.29 is 9.53 Å². The molecule has 4 heteroatoms. The summed E-state index contributed by atoms with van der Waals surface area (Å²) in [6.45, 7) is 0. The molecule has 178 valence electrons. The summed E-state index contributed by atoms with van der Waals surface area (Å²) in [5.41, 5.74) is 6.38. The number of aromatic amines is 1. The Morgan fingerprint density at radius 1 is 0.886 bits per heavy atom. The Labute approximate surface area is 207 Å². The van der Waals surface area contributed by atoms with E-state index in [1.807, 2.05) is 60.7 Å². The third-order valence-corrected chi connectivity index (χ3v) is 7.11. The van der Waals surface area contributed by atoms with Crippen molar-refractivity contribution in [1.29, 1.82) is 0 Å². The van der Waals surface area contributed by atoms with Gasteiger partial charge < -0.3 is 9.72 Å². The number of esters is 1. The fraction of sp³-hybridized carbons (Fsp3) is 0.290. The summed E-state index contributed by atoms with van der Waals surface area (Å²) in [7, 11) is 1.45. The van der Waals surface area contributed by atoms with Gasteiger partial charge in [0.2, 0.25) is 0 Å². The lowest BCUT2D eigenvalue weighted by atomic mass is 9.84. The Kier molecular flexibility index (Phi) is 7.08. The molecule has 1 aromatic heterocycles. The number of aliphatic imine (C=N–C) groups is 1. The summed E-state index contributed by atoms with van der Waals surface area (Å²) in [5, 5.41) is 1.18. The first-order chi connectivity index (χ1) is 17.2. The largest absolute Gasteiger partial charge is 0.467 e. The number of rotatable bonds is 7. The number of para-hydroxylation sites is 1.